The van der Waals surface area contributed by atoms with Gasteiger partial charge >= 0.3 is 0 Å². The van der Waals surface area contributed by atoms with Gasteiger partial charge in [0, 0.05) is 35.1 Å². The van der Waals surface area contributed by atoms with Crippen LogP contribution in [0.25, 0.3) is 88.0 Å². The number of fused-ring (bicyclic) bond motifs is 6. The van der Waals surface area contributed by atoms with Gasteiger partial charge in [-0.25, -0.2) is 0 Å². The standard InChI is InChI=1S/C48H33N3/c1-2-8-40-37(6-1)7-5-11-45(40)51-46-30-39(34-14-12-32(13-15-34)35-22-26-49-27-23-35)20-21-43(46)48-42-10-4-3-9-41(42)44(31-47(48)51)38-18-16-33(17-19-38)36-24-28-50-29-25-36/h1-28,30-31,50H,29H2. The first-order valence-electron chi connectivity index (χ1n) is 17.5. The summed E-state index contributed by atoms with van der Waals surface area (Å²) in [6.07, 6.45) is 10.1. The minimum atomic E-state index is 0.853. The molecule has 0 spiro atoms. The Kier molecular flexibility index (Phi) is 6.88. The smallest absolute Gasteiger partial charge is 0.0553 e. The summed E-state index contributed by atoms with van der Waals surface area (Å²) in [6.45, 7) is 0.853. The molecular formula is C48H33N3. The number of rotatable bonds is 5. The van der Waals surface area contributed by atoms with Crippen LogP contribution in [-0.4, -0.2) is 16.1 Å². The lowest BCUT2D eigenvalue weighted by Gasteiger charge is -2.15. The number of nitrogens with one attached hydrogen (secondary N) is 1. The topological polar surface area (TPSA) is 29.9 Å². The predicted molar refractivity (Wildman–Crippen MR) is 215 cm³/mol. The molecule has 0 saturated carbocycles. The molecule has 0 aliphatic carbocycles. The van der Waals surface area contributed by atoms with E-state index < -0.39 is 0 Å². The number of aromatic nitrogens is 2. The maximum Gasteiger partial charge on any atom is 0.0553 e. The molecule has 3 heterocycles. The normalized spacial score (nSPS) is 12.8. The summed E-state index contributed by atoms with van der Waals surface area (Å²) in [6, 6.07) is 55.7. The fraction of sp³-hybridized carbons (Fsp3) is 0.0208. The largest absolute Gasteiger partial charge is 0.387 e. The second-order valence-corrected chi connectivity index (χ2v) is 13.2. The van der Waals surface area contributed by atoms with Crippen molar-refractivity contribution in [3.8, 4) is 39.1 Å². The van der Waals surface area contributed by atoms with Gasteiger partial charge in [-0.15, -0.1) is 0 Å². The van der Waals surface area contributed by atoms with Gasteiger partial charge in [-0.3, -0.25) is 4.98 Å². The molecule has 2 aromatic heterocycles. The van der Waals surface area contributed by atoms with Crippen molar-refractivity contribution in [2.24, 2.45) is 0 Å². The zero-order valence-electron chi connectivity index (χ0n) is 27.9. The van der Waals surface area contributed by atoms with Gasteiger partial charge in [-0.2, -0.15) is 0 Å². The predicted octanol–water partition coefficient (Wildman–Crippen LogP) is 12.0. The molecule has 1 N–H and O–H groups in total. The lowest BCUT2D eigenvalue weighted by molar-refractivity contribution is 0.976. The molecule has 0 bridgehead atoms. The molecule has 240 valence electrons. The van der Waals surface area contributed by atoms with Crippen molar-refractivity contribution in [2.45, 2.75) is 0 Å². The van der Waals surface area contributed by atoms with E-state index >= 15 is 0 Å². The Morgan fingerprint density at radius 1 is 0.490 bits per heavy atom. The second-order valence-electron chi connectivity index (χ2n) is 13.2. The van der Waals surface area contributed by atoms with Crippen molar-refractivity contribution >= 4 is 48.9 Å². The Morgan fingerprint density at radius 2 is 1.14 bits per heavy atom. The summed E-state index contributed by atoms with van der Waals surface area (Å²) in [4.78, 5) is 4.19. The molecule has 10 rings (SSSR count). The molecule has 7 aromatic carbocycles. The summed E-state index contributed by atoms with van der Waals surface area (Å²) in [7, 11) is 0. The van der Waals surface area contributed by atoms with Crippen LogP contribution in [0.2, 0.25) is 0 Å². The van der Waals surface area contributed by atoms with Crippen LogP contribution in [0, 0.1) is 0 Å². The molecule has 51 heavy (non-hydrogen) atoms. The van der Waals surface area contributed by atoms with Crippen LogP contribution in [0.4, 0.5) is 0 Å². The minimum Gasteiger partial charge on any atom is -0.387 e. The molecule has 3 heteroatoms. The average Bonchev–Trinajstić information content (AvgIpc) is 3.54. The van der Waals surface area contributed by atoms with Gasteiger partial charge in [0.2, 0.25) is 0 Å². The maximum atomic E-state index is 4.19. The number of pyridine rings is 1. The molecular weight excluding hydrogens is 619 g/mol. The average molecular weight is 652 g/mol. The number of nitrogens with zero attached hydrogens (tertiary/aromatic N) is 2. The number of allylic oxidation sites excluding steroid dienone is 2. The van der Waals surface area contributed by atoms with Crippen molar-refractivity contribution in [2.75, 3.05) is 6.54 Å². The Hall–Kier alpha value is -6.71. The van der Waals surface area contributed by atoms with E-state index in [1.165, 1.54) is 93.6 Å². The Morgan fingerprint density at radius 3 is 1.92 bits per heavy atom. The Labute approximate surface area is 296 Å². The summed E-state index contributed by atoms with van der Waals surface area (Å²) < 4.78 is 2.50. The zero-order chi connectivity index (χ0) is 33.7. The summed E-state index contributed by atoms with van der Waals surface area (Å²) in [5.74, 6) is 0. The van der Waals surface area contributed by atoms with Gasteiger partial charge < -0.3 is 9.88 Å². The first-order chi connectivity index (χ1) is 25.3. The quantitative estimate of drug-likeness (QED) is 0.201. The fourth-order valence-electron chi connectivity index (χ4n) is 7.87. The van der Waals surface area contributed by atoms with Gasteiger partial charge in [0.05, 0.1) is 16.7 Å². The zero-order valence-corrected chi connectivity index (χ0v) is 27.9. The van der Waals surface area contributed by atoms with Crippen LogP contribution in [0.15, 0.2) is 182 Å². The third-order valence-electron chi connectivity index (χ3n) is 10.4. The van der Waals surface area contributed by atoms with Crippen molar-refractivity contribution in [3.05, 3.63) is 188 Å². The van der Waals surface area contributed by atoms with E-state index in [0.29, 0.717) is 0 Å². The van der Waals surface area contributed by atoms with Crippen molar-refractivity contribution in [1.29, 1.82) is 0 Å². The fourth-order valence-corrected chi connectivity index (χ4v) is 7.87. The van der Waals surface area contributed by atoms with Crippen LogP contribution in [0.3, 0.4) is 0 Å². The first kappa shape index (κ1) is 29.2. The third kappa shape index (κ3) is 4.94. The highest BCUT2D eigenvalue weighted by atomic mass is 15.0. The molecule has 0 atom stereocenters. The molecule has 3 nitrogen and oxygen atoms in total. The number of benzene rings is 7. The molecule has 0 saturated heterocycles. The molecule has 1 aliphatic heterocycles. The second kappa shape index (κ2) is 12.0. The van der Waals surface area contributed by atoms with E-state index in [9.17, 15) is 0 Å². The van der Waals surface area contributed by atoms with Crippen molar-refractivity contribution in [3.63, 3.8) is 0 Å². The van der Waals surface area contributed by atoms with Gasteiger partial charge in [-0.05, 0) is 103 Å². The molecule has 0 unspecified atom stereocenters. The van der Waals surface area contributed by atoms with Crippen molar-refractivity contribution < 1.29 is 0 Å². The Bertz CT molecular complexity index is 2820. The number of hydrogen-bond acceptors (Lipinski definition) is 2. The van der Waals surface area contributed by atoms with Crippen LogP contribution in [0.1, 0.15) is 5.56 Å². The Balaban J connectivity index is 1.23. The molecule has 0 amide bonds. The van der Waals surface area contributed by atoms with Crippen LogP contribution >= 0.6 is 0 Å². The van der Waals surface area contributed by atoms with E-state index in [0.717, 1.165) is 6.54 Å². The third-order valence-corrected chi connectivity index (χ3v) is 10.4. The van der Waals surface area contributed by atoms with Crippen LogP contribution in [-0.2, 0) is 0 Å². The summed E-state index contributed by atoms with van der Waals surface area (Å²) in [5, 5.41) is 10.8. The first-order valence-corrected chi connectivity index (χ1v) is 17.5. The highest BCUT2D eigenvalue weighted by Crippen LogP contribution is 2.43. The van der Waals surface area contributed by atoms with Crippen LogP contribution < -0.4 is 5.32 Å². The van der Waals surface area contributed by atoms with E-state index in [-0.39, 0.29) is 0 Å². The van der Waals surface area contributed by atoms with Crippen molar-refractivity contribution in [1.82, 2.24) is 14.9 Å². The molecule has 0 radical (unpaired) electrons. The molecule has 0 fully saturated rings. The maximum absolute atomic E-state index is 4.19. The van der Waals surface area contributed by atoms with Gasteiger partial charge in [-0.1, -0.05) is 127 Å². The van der Waals surface area contributed by atoms with Gasteiger partial charge in [0.1, 0.15) is 0 Å². The SMILES string of the molecule is C1=CC(c2ccc(-c3cc4c(c5ccccc35)c3ccc(-c5ccc(-c6ccncc6)cc5)cc3n4-c3cccc4ccccc34)cc2)=CCN1. The highest BCUT2D eigenvalue weighted by molar-refractivity contribution is 6.25. The number of hydrogen-bond donors (Lipinski definition) is 1. The highest BCUT2D eigenvalue weighted by Gasteiger charge is 2.20. The number of dihydropyridines is 1. The monoisotopic (exact) mass is 651 g/mol. The van der Waals surface area contributed by atoms with Gasteiger partial charge in [0.15, 0.2) is 0 Å². The van der Waals surface area contributed by atoms with E-state index in [1.54, 1.807) is 0 Å². The lowest BCUT2D eigenvalue weighted by atomic mass is 9.93. The van der Waals surface area contributed by atoms with E-state index in [4.69, 9.17) is 0 Å². The van der Waals surface area contributed by atoms with Gasteiger partial charge in [0.25, 0.3) is 0 Å². The lowest BCUT2D eigenvalue weighted by Crippen LogP contribution is -2.08. The minimum absolute atomic E-state index is 0.853. The molecule has 9 aromatic rings. The molecule has 1 aliphatic rings. The summed E-state index contributed by atoms with van der Waals surface area (Å²) in [5.41, 5.74) is 13.2. The van der Waals surface area contributed by atoms with Crippen LogP contribution in [0.5, 0.6) is 0 Å². The van der Waals surface area contributed by atoms with E-state index in [2.05, 4.69) is 179 Å². The van der Waals surface area contributed by atoms with E-state index in [1.807, 2.05) is 18.6 Å². The summed E-state index contributed by atoms with van der Waals surface area (Å²) >= 11 is 0.